The van der Waals surface area contributed by atoms with Crippen LogP contribution in [-0.4, -0.2) is 28.1 Å². The third-order valence-corrected chi connectivity index (χ3v) is 4.99. The lowest BCUT2D eigenvalue weighted by atomic mass is 10.1. The van der Waals surface area contributed by atoms with Gasteiger partial charge < -0.3 is 9.73 Å². The molecule has 0 atom stereocenters. The van der Waals surface area contributed by atoms with E-state index in [1.807, 2.05) is 61.7 Å². The predicted octanol–water partition coefficient (Wildman–Crippen LogP) is 4.50. The molecule has 0 aliphatic rings. The molecule has 128 valence electrons. The molecule has 0 saturated heterocycles. The quantitative estimate of drug-likeness (QED) is 0.644. The van der Waals surface area contributed by atoms with Gasteiger partial charge in [0, 0.05) is 10.5 Å². The topological polar surface area (TPSA) is 68.0 Å². The van der Waals surface area contributed by atoms with Crippen LogP contribution in [-0.2, 0) is 4.79 Å². The monoisotopic (exact) mass is 371 g/mol. The normalized spacial score (nSPS) is 10.6. The number of carbonyl (C=O) groups is 1. The lowest BCUT2D eigenvalue weighted by molar-refractivity contribution is -0.113. The van der Waals surface area contributed by atoms with Crippen LogP contribution >= 0.6 is 23.5 Å². The summed E-state index contributed by atoms with van der Waals surface area (Å²) in [6.45, 7) is 2.01. The number of nitrogens with zero attached hydrogens (tertiary/aromatic N) is 2. The van der Waals surface area contributed by atoms with E-state index in [4.69, 9.17) is 4.42 Å². The Morgan fingerprint density at radius 2 is 2.00 bits per heavy atom. The zero-order valence-corrected chi connectivity index (χ0v) is 15.5. The molecule has 5 nitrogen and oxygen atoms in total. The third-order valence-electron chi connectivity index (χ3n) is 3.38. The van der Waals surface area contributed by atoms with E-state index in [9.17, 15) is 4.79 Å². The molecule has 0 fully saturated rings. The van der Waals surface area contributed by atoms with Gasteiger partial charge in [0.2, 0.25) is 11.8 Å². The number of anilines is 1. The minimum atomic E-state index is -0.109. The number of aromatic nitrogens is 2. The Balaban J connectivity index is 1.59. The van der Waals surface area contributed by atoms with Crippen molar-refractivity contribution >= 4 is 35.1 Å². The zero-order valence-electron chi connectivity index (χ0n) is 13.9. The maximum atomic E-state index is 12.1. The molecule has 0 aliphatic heterocycles. The van der Waals surface area contributed by atoms with Crippen LogP contribution in [0.4, 0.5) is 5.69 Å². The van der Waals surface area contributed by atoms with E-state index in [1.54, 1.807) is 11.8 Å². The van der Waals surface area contributed by atoms with Gasteiger partial charge in [-0.25, -0.2) is 0 Å². The van der Waals surface area contributed by atoms with Crippen LogP contribution < -0.4 is 5.32 Å². The highest BCUT2D eigenvalue weighted by atomic mass is 32.2. The summed E-state index contributed by atoms with van der Waals surface area (Å²) < 4.78 is 5.63. The van der Waals surface area contributed by atoms with Gasteiger partial charge in [-0.05, 0) is 37.4 Å². The van der Waals surface area contributed by atoms with E-state index < -0.39 is 0 Å². The lowest BCUT2D eigenvalue weighted by Crippen LogP contribution is -2.14. The first kappa shape index (κ1) is 17.6. The van der Waals surface area contributed by atoms with Crippen molar-refractivity contribution < 1.29 is 9.21 Å². The number of para-hydroxylation sites is 1. The highest BCUT2D eigenvalue weighted by Gasteiger charge is 2.12. The molecule has 0 unspecified atom stereocenters. The minimum Gasteiger partial charge on any atom is -0.411 e. The van der Waals surface area contributed by atoms with Crippen molar-refractivity contribution in [3.63, 3.8) is 0 Å². The highest BCUT2D eigenvalue weighted by Crippen LogP contribution is 2.26. The van der Waals surface area contributed by atoms with Gasteiger partial charge >= 0.3 is 0 Å². The number of nitrogens with one attached hydrogen (secondary N) is 1. The number of hydrogen-bond acceptors (Lipinski definition) is 6. The standard InChI is InChI=1S/C18H17N3O2S2/c1-12-6-5-7-13(10-12)17-20-21-18(23-17)25-11-16(22)19-14-8-3-4-9-15(14)24-2/h3-10H,11H2,1-2H3,(H,19,22). The number of rotatable bonds is 6. The zero-order chi connectivity index (χ0) is 17.6. The fourth-order valence-electron chi connectivity index (χ4n) is 2.22. The first-order chi connectivity index (χ1) is 12.2. The molecule has 0 spiro atoms. The Morgan fingerprint density at radius 1 is 1.16 bits per heavy atom. The second kappa shape index (κ2) is 8.22. The van der Waals surface area contributed by atoms with Gasteiger partial charge in [0.1, 0.15) is 0 Å². The van der Waals surface area contributed by atoms with Crippen LogP contribution in [0.1, 0.15) is 5.56 Å². The fraction of sp³-hybridized carbons (Fsp3) is 0.167. The average molecular weight is 371 g/mol. The minimum absolute atomic E-state index is 0.109. The summed E-state index contributed by atoms with van der Waals surface area (Å²) in [7, 11) is 0. The maximum absolute atomic E-state index is 12.1. The van der Waals surface area contributed by atoms with Crippen LogP contribution in [0.5, 0.6) is 0 Å². The molecule has 0 radical (unpaired) electrons. The van der Waals surface area contributed by atoms with E-state index in [0.717, 1.165) is 21.7 Å². The van der Waals surface area contributed by atoms with Crippen molar-refractivity contribution in [2.75, 3.05) is 17.3 Å². The SMILES string of the molecule is CSc1ccccc1NC(=O)CSc1nnc(-c2cccc(C)c2)o1. The van der Waals surface area contributed by atoms with Crippen molar-refractivity contribution in [1.82, 2.24) is 10.2 Å². The van der Waals surface area contributed by atoms with Gasteiger partial charge in [0.15, 0.2) is 0 Å². The molecule has 2 aromatic carbocycles. The largest absolute Gasteiger partial charge is 0.411 e. The highest BCUT2D eigenvalue weighted by molar-refractivity contribution is 7.99. The second-order valence-corrected chi connectivity index (χ2v) is 7.05. The van der Waals surface area contributed by atoms with E-state index in [1.165, 1.54) is 11.8 Å². The third kappa shape index (κ3) is 4.64. The molecule has 1 aromatic heterocycles. The molecule has 0 aliphatic carbocycles. The Bertz CT molecular complexity index is 880. The summed E-state index contributed by atoms with van der Waals surface area (Å²) in [5.41, 5.74) is 2.81. The summed E-state index contributed by atoms with van der Waals surface area (Å²) in [6.07, 6.45) is 1.98. The predicted molar refractivity (Wildman–Crippen MR) is 102 cm³/mol. The average Bonchev–Trinajstić information content (AvgIpc) is 3.09. The number of carbonyl (C=O) groups excluding carboxylic acids is 1. The summed E-state index contributed by atoms with van der Waals surface area (Å²) in [5, 5.41) is 11.3. The van der Waals surface area contributed by atoms with Crippen LogP contribution in [0.2, 0.25) is 0 Å². The van der Waals surface area contributed by atoms with E-state index in [2.05, 4.69) is 15.5 Å². The molecular weight excluding hydrogens is 354 g/mol. The van der Waals surface area contributed by atoms with Crippen LogP contribution in [0, 0.1) is 6.92 Å². The molecule has 0 saturated carbocycles. The fourth-order valence-corrected chi connectivity index (χ4v) is 3.34. The van der Waals surface area contributed by atoms with Crippen molar-refractivity contribution in [2.24, 2.45) is 0 Å². The molecule has 7 heteroatoms. The molecule has 3 aromatic rings. The molecular formula is C18H17N3O2S2. The van der Waals surface area contributed by atoms with Crippen molar-refractivity contribution in [1.29, 1.82) is 0 Å². The Kier molecular flexibility index (Phi) is 5.78. The Morgan fingerprint density at radius 3 is 2.80 bits per heavy atom. The molecule has 3 rings (SSSR count). The van der Waals surface area contributed by atoms with Gasteiger partial charge in [0.05, 0.1) is 11.4 Å². The van der Waals surface area contributed by atoms with Crippen molar-refractivity contribution in [3.8, 4) is 11.5 Å². The summed E-state index contributed by atoms with van der Waals surface area (Å²) in [4.78, 5) is 13.2. The van der Waals surface area contributed by atoms with Crippen LogP contribution in [0.15, 0.2) is 63.1 Å². The van der Waals surface area contributed by atoms with E-state index in [-0.39, 0.29) is 11.7 Å². The molecule has 1 heterocycles. The van der Waals surface area contributed by atoms with Crippen LogP contribution in [0.3, 0.4) is 0 Å². The first-order valence-electron chi connectivity index (χ1n) is 7.62. The molecule has 0 bridgehead atoms. The summed E-state index contributed by atoms with van der Waals surface area (Å²) in [5.74, 6) is 0.555. The van der Waals surface area contributed by atoms with Gasteiger partial charge in [-0.1, -0.05) is 41.6 Å². The molecule has 1 N–H and O–H groups in total. The lowest BCUT2D eigenvalue weighted by Gasteiger charge is -2.08. The number of hydrogen-bond donors (Lipinski definition) is 1. The van der Waals surface area contributed by atoms with Crippen molar-refractivity contribution in [2.45, 2.75) is 17.0 Å². The Labute approximate surface area is 154 Å². The summed E-state index contributed by atoms with van der Waals surface area (Å²) in [6, 6.07) is 15.5. The number of aryl methyl sites for hydroxylation is 1. The van der Waals surface area contributed by atoms with E-state index >= 15 is 0 Å². The first-order valence-corrected chi connectivity index (χ1v) is 9.83. The van der Waals surface area contributed by atoms with Gasteiger partial charge in [-0.3, -0.25) is 4.79 Å². The number of benzene rings is 2. The molecule has 25 heavy (non-hydrogen) atoms. The van der Waals surface area contributed by atoms with Gasteiger partial charge in [-0.2, -0.15) is 0 Å². The number of amides is 1. The van der Waals surface area contributed by atoms with E-state index in [0.29, 0.717) is 11.1 Å². The maximum Gasteiger partial charge on any atom is 0.277 e. The smallest absolute Gasteiger partial charge is 0.277 e. The second-order valence-electron chi connectivity index (χ2n) is 5.28. The molecule has 1 amide bonds. The van der Waals surface area contributed by atoms with Gasteiger partial charge in [-0.15, -0.1) is 22.0 Å². The van der Waals surface area contributed by atoms with Crippen LogP contribution in [0.25, 0.3) is 11.5 Å². The van der Waals surface area contributed by atoms with Crippen molar-refractivity contribution in [3.05, 3.63) is 54.1 Å². The summed E-state index contributed by atoms with van der Waals surface area (Å²) >= 11 is 2.81. The van der Waals surface area contributed by atoms with Gasteiger partial charge in [0.25, 0.3) is 5.22 Å². The number of thioether (sulfide) groups is 2. The Hall–Kier alpha value is -2.25.